The second-order valence-corrected chi connectivity index (χ2v) is 4.33. The van der Waals surface area contributed by atoms with E-state index in [0.29, 0.717) is 5.78 Å². The molecule has 0 fully saturated rings. The lowest BCUT2D eigenvalue weighted by Gasteiger charge is -2.04. The van der Waals surface area contributed by atoms with Crippen LogP contribution in [0.3, 0.4) is 0 Å². The number of fused-ring (bicyclic) bond motifs is 1. The first-order chi connectivity index (χ1) is 9.90. The van der Waals surface area contributed by atoms with Gasteiger partial charge in [0.15, 0.2) is 0 Å². The normalized spacial score (nSPS) is 11.0. The van der Waals surface area contributed by atoms with Crippen molar-refractivity contribution in [2.75, 3.05) is 0 Å². The maximum atomic E-state index is 4.47. The van der Waals surface area contributed by atoms with Crippen molar-refractivity contribution >= 4 is 5.78 Å². The SMILES string of the molecule is c1cn(-c2ccc(-c3cnc4nccn4n3)cc2)cn1. The van der Waals surface area contributed by atoms with E-state index in [9.17, 15) is 0 Å². The van der Waals surface area contributed by atoms with Crippen molar-refractivity contribution in [3.05, 3.63) is 61.6 Å². The Morgan fingerprint density at radius 3 is 2.60 bits per heavy atom. The van der Waals surface area contributed by atoms with Gasteiger partial charge in [0, 0.05) is 29.8 Å². The molecule has 0 saturated carbocycles. The smallest absolute Gasteiger partial charge is 0.250 e. The summed E-state index contributed by atoms with van der Waals surface area (Å²) in [6, 6.07) is 8.08. The Bertz CT molecular complexity index is 845. The van der Waals surface area contributed by atoms with Gasteiger partial charge >= 0.3 is 0 Å². The van der Waals surface area contributed by atoms with Gasteiger partial charge < -0.3 is 4.57 Å². The van der Waals surface area contributed by atoms with Gasteiger partial charge in [-0.2, -0.15) is 5.10 Å². The number of imidazole rings is 2. The molecule has 4 aromatic rings. The molecule has 3 heterocycles. The largest absolute Gasteiger partial charge is 0.306 e. The molecule has 0 unspecified atom stereocenters. The highest BCUT2D eigenvalue weighted by Crippen LogP contribution is 2.18. The van der Waals surface area contributed by atoms with Crippen molar-refractivity contribution in [1.29, 1.82) is 0 Å². The van der Waals surface area contributed by atoms with Gasteiger partial charge in [-0.1, -0.05) is 12.1 Å². The predicted octanol–water partition coefficient (Wildman–Crippen LogP) is 1.98. The molecule has 4 rings (SSSR count). The number of benzene rings is 1. The standard InChI is InChI=1S/C14H10N6/c1-3-12(19-7-5-15-10-19)4-2-11(1)13-9-17-14-16-6-8-20(14)18-13/h1-10H. The maximum absolute atomic E-state index is 4.47. The lowest BCUT2D eigenvalue weighted by molar-refractivity contribution is 0.909. The van der Waals surface area contributed by atoms with Gasteiger partial charge in [0.25, 0.3) is 5.78 Å². The molecule has 0 saturated heterocycles. The molecule has 3 aromatic heterocycles. The summed E-state index contributed by atoms with van der Waals surface area (Å²) in [5, 5.41) is 4.47. The van der Waals surface area contributed by atoms with Crippen molar-refractivity contribution in [3.8, 4) is 16.9 Å². The minimum Gasteiger partial charge on any atom is -0.306 e. The Morgan fingerprint density at radius 1 is 0.900 bits per heavy atom. The second kappa shape index (κ2) is 4.27. The zero-order valence-electron chi connectivity index (χ0n) is 10.5. The van der Waals surface area contributed by atoms with Crippen LogP contribution in [0, 0.1) is 0 Å². The molecule has 0 spiro atoms. The summed E-state index contributed by atoms with van der Waals surface area (Å²) in [6.45, 7) is 0. The zero-order valence-corrected chi connectivity index (χ0v) is 10.5. The average Bonchev–Trinajstić information content (AvgIpc) is 3.18. The van der Waals surface area contributed by atoms with E-state index in [4.69, 9.17) is 0 Å². The van der Waals surface area contributed by atoms with Gasteiger partial charge in [0.1, 0.15) is 5.69 Å². The molecule has 0 aliphatic carbocycles. The van der Waals surface area contributed by atoms with E-state index in [1.54, 1.807) is 35.6 Å². The van der Waals surface area contributed by atoms with Crippen molar-refractivity contribution in [2.45, 2.75) is 0 Å². The van der Waals surface area contributed by atoms with E-state index in [1.165, 1.54) is 0 Å². The molecular weight excluding hydrogens is 252 g/mol. The highest BCUT2D eigenvalue weighted by atomic mass is 15.3. The van der Waals surface area contributed by atoms with E-state index in [1.807, 2.05) is 35.0 Å². The number of aromatic nitrogens is 6. The van der Waals surface area contributed by atoms with Gasteiger partial charge in [-0.15, -0.1) is 0 Å². The first kappa shape index (κ1) is 10.9. The number of rotatable bonds is 2. The molecule has 0 aliphatic rings. The van der Waals surface area contributed by atoms with Crippen molar-refractivity contribution in [1.82, 2.24) is 29.1 Å². The number of hydrogen-bond donors (Lipinski definition) is 0. The molecular formula is C14H10N6. The fourth-order valence-electron chi connectivity index (χ4n) is 2.07. The molecule has 96 valence electrons. The van der Waals surface area contributed by atoms with E-state index in [0.717, 1.165) is 16.9 Å². The van der Waals surface area contributed by atoms with Crippen molar-refractivity contribution in [3.63, 3.8) is 0 Å². The molecule has 20 heavy (non-hydrogen) atoms. The summed E-state index contributed by atoms with van der Waals surface area (Å²) in [4.78, 5) is 12.4. The summed E-state index contributed by atoms with van der Waals surface area (Å²) in [6.07, 6.45) is 10.6. The van der Waals surface area contributed by atoms with Crippen molar-refractivity contribution < 1.29 is 0 Å². The molecule has 0 N–H and O–H groups in total. The van der Waals surface area contributed by atoms with E-state index >= 15 is 0 Å². The highest BCUT2D eigenvalue weighted by molar-refractivity contribution is 5.60. The third-order valence-electron chi connectivity index (χ3n) is 3.09. The van der Waals surface area contributed by atoms with Gasteiger partial charge in [0.05, 0.1) is 18.7 Å². The summed E-state index contributed by atoms with van der Waals surface area (Å²) in [5.41, 5.74) is 2.88. The Morgan fingerprint density at radius 2 is 1.80 bits per heavy atom. The van der Waals surface area contributed by atoms with E-state index < -0.39 is 0 Å². The molecule has 1 aromatic carbocycles. The van der Waals surface area contributed by atoms with E-state index in [2.05, 4.69) is 20.1 Å². The van der Waals surface area contributed by atoms with E-state index in [-0.39, 0.29) is 0 Å². The van der Waals surface area contributed by atoms with Crippen LogP contribution in [0.4, 0.5) is 0 Å². The van der Waals surface area contributed by atoms with Crippen LogP contribution in [0.2, 0.25) is 0 Å². The zero-order chi connectivity index (χ0) is 13.4. The van der Waals surface area contributed by atoms with Gasteiger partial charge in [0.2, 0.25) is 0 Å². The summed E-state index contributed by atoms with van der Waals surface area (Å²) in [5.74, 6) is 0.601. The third kappa shape index (κ3) is 1.74. The molecule has 6 nitrogen and oxygen atoms in total. The van der Waals surface area contributed by atoms with Crippen LogP contribution in [0.1, 0.15) is 0 Å². The topological polar surface area (TPSA) is 60.9 Å². The average molecular weight is 262 g/mol. The van der Waals surface area contributed by atoms with Crippen LogP contribution in [-0.2, 0) is 0 Å². The number of nitrogens with zero attached hydrogens (tertiary/aromatic N) is 6. The Kier molecular flexibility index (Phi) is 2.32. The maximum Gasteiger partial charge on any atom is 0.250 e. The van der Waals surface area contributed by atoms with Crippen LogP contribution in [0.25, 0.3) is 22.7 Å². The predicted molar refractivity (Wildman–Crippen MR) is 73.3 cm³/mol. The lowest BCUT2D eigenvalue weighted by Crippen LogP contribution is -1.96. The minimum absolute atomic E-state index is 0.601. The summed E-state index contributed by atoms with van der Waals surface area (Å²) in [7, 11) is 0. The Balaban J connectivity index is 1.74. The minimum atomic E-state index is 0.601. The van der Waals surface area contributed by atoms with Crippen molar-refractivity contribution in [2.24, 2.45) is 0 Å². The summed E-state index contributed by atoms with van der Waals surface area (Å²) < 4.78 is 3.62. The van der Waals surface area contributed by atoms with Gasteiger partial charge in [-0.3, -0.25) is 0 Å². The highest BCUT2D eigenvalue weighted by Gasteiger charge is 2.03. The first-order valence-electron chi connectivity index (χ1n) is 6.15. The third-order valence-corrected chi connectivity index (χ3v) is 3.09. The lowest BCUT2D eigenvalue weighted by atomic mass is 10.1. The van der Waals surface area contributed by atoms with Crippen LogP contribution >= 0.6 is 0 Å². The Labute approximate surface area is 114 Å². The quantitative estimate of drug-likeness (QED) is 0.554. The van der Waals surface area contributed by atoms with Gasteiger partial charge in [-0.25, -0.2) is 19.5 Å². The molecule has 0 atom stereocenters. The fraction of sp³-hybridized carbons (Fsp3) is 0. The van der Waals surface area contributed by atoms with Crippen LogP contribution in [0.5, 0.6) is 0 Å². The number of hydrogen-bond acceptors (Lipinski definition) is 4. The second-order valence-electron chi connectivity index (χ2n) is 4.33. The monoisotopic (exact) mass is 262 g/mol. The van der Waals surface area contributed by atoms with Crippen LogP contribution in [-0.4, -0.2) is 29.1 Å². The fourth-order valence-corrected chi connectivity index (χ4v) is 2.07. The molecule has 0 amide bonds. The molecule has 0 aliphatic heterocycles. The van der Waals surface area contributed by atoms with Crippen LogP contribution in [0.15, 0.2) is 61.6 Å². The molecule has 6 heteroatoms. The Hall–Kier alpha value is -3.02. The first-order valence-corrected chi connectivity index (χ1v) is 6.15. The van der Waals surface area contributed by atoms with Crippen LogP contribution < -0.4 is 0 Å². The summed E-state index contributed by atoms with van der Waals surface area (Å²) >= 11 is 0. The molecule has 0 bridgehead atoms. The molecule has 0 radical (unpaired) electrons. The van der Waals surface area contributed by atoms with Gasteiger partial charge in [-0.05, 0) is 12.1 Å².